The highest BCUT2D eigenvalue weighted by atomic mass is 79.9. The van der Waals surface area contributed by atoms with Crippen molar-refractivity contribution in [2.45, 2.75) is 6.92 Å². The first-order valence-electron chi connectivity index (χ1n) is 4.28. The number of nitrogens with zero attached hydrogens (tertiary/aromatic N) is 2. The molecule has 0 aliphatic rings. The lowest BCUT2D eigenvalue weighted by Crippen LogP contribution is -2.33. The maximum Gasteiger partial charge on any atom is 0.236 e. The molecule has 4 nitrogen and oxygen atoms in total. The van der Waals surface area contributed by atoms with Gasteiger partial charge in [0, 0.05) is 18.9 Å². The smallest absolute Gasteiger partial charge is 0.236 e. The zero-order chi connectivity index (χ0) is 10.6. The predicted octanol–water partition coefficient (Wildman–Crippen LogP) is 1.16. The summed E-state index contributed by atoms with van der Waals surface area (Å²) in [4.78, 5) is 16.6. The van der Waals surface area contributed by atoms with Crippen LogP contribution in [0.2, 0.25) is 0 Å². The standard InChI is InChI=1S/C9H12BrN3O/c1-2-13(6-9(11)14)8-3-4-12-5-7(8)10/h3-5H,2,6H2,1H3,(H2,11,14). The number of amides is 1. The van der Waals surface area contributed by atoms with E-state index in [-0.39, 0.29) is 12.5 Å². The van der Waals surface area contributed by atoms with Crippen LogP contribution in [0.4, 0.5) is 5.69 Å². The Hall–Kier alpha value is -1.10. The van der Waals surface area contributed by atoms with Crippen LogP contribution < -0.4 is 10.6 Å². The number of carbonyl (C=O) groups is 1. The van der Waals surface area contributed by atoms with Crippen molar-refractivity contribution in [2.75, 3.05) is 18.0 Å². The van der Waals surface area contributed by atoms with Crippen molar-refractivity contribution in [3.05, 3.63) is 22.9 Å². The fourth-order valence-electron chi connectivity index (χ4n) is 1.18. The minimum atomic E-state index is -0.337. The van der Waals surface area contributed by atoms with Gasteiger partial charge in [-0.3, -0.25) is 9.78 Å². The van der Waals surface area contributed by atoms with Crippen molar-refractivity contribution < 1.29 is 4.79 Å². The highest BCUT2D eigenvalue weighted by Crippen LogP contribution is 2.23. The number of nitrogens with two attached hydrogens (primary N) is 1. The zero-order valence-electron chi connectivity index (χ0n) is 7.90. The van der Waals surface area contributed by atoms with Crippen molar-refractivity contribution >= 4 is 27.5 Å². The summed E-state index contributed by atoms with van der Waals surface area (Å²) in [6, 6.07) is 1.84. The van der Waals surface area contributed by atoms with Gasteiger partial charge in [0.05, 0.1) is 16.7 Å². The van der Waals surface area contributed by atoms with Crippen molar-refractivity contribution in [3.63, 3.8) is 0 Å². The highest BCUT2D eigenvalue weighted by molar-refractivity contribution is 9.10. The maximum atomic E-state index is 10.8. The second-order valence-corrected chi connectivity index (χ2v) is 3.66. The predicted molar refractivity (Wildman–Crippen MR) is 59.0 cm³/mol. The van der Waals surface area contributed by atoms with E-state index in [1.54, 1.807) is 12.4 Å². The SMILES string of the molecule is CCN(CC(N)=O)c1ccncc1Br. The number of rotatable bonds is 4. The minimum Gasteiger partial charge on any atom is -0.368 e. The van der Waals surface area contributed by atoms with E-state index in [2.05, 4.69) is 20.9 Å². The van der Waals surface area contributed by atoms with Crippen LogP contribution in [0.3, 0.4) is 0 Å². The maximum absolute atomic E-state index is 10.8. The second-order valence-electron chi connectivity index (χ2n) is 2.81. The van der Waals surface area contributed by atoms with E-state index in [4.69, 9.17) is 5.73 Å². The Morgan fingerprint density at radius 3 is 2.93 bits per heavy atom. The number of hydrogen-bond acceptors (Lipinski definition) is 3. The molecule has 1 aromatic heterocycles. The molecule has 0 radical (unpaired) electrons. The van der Waals surface area contributed by atoms with Gasteiger partial charge >= 0.3 is 0 Å². The molecule has 1 amide bonds. The van der Waals surface area contributed by atoms with Crippen LogP contribution in [0, 0.1) is 0 Å². The molecule has 5 heteroatoms. The third-order valence-electron chi connectivity index (χ3n) is 1.82. The molecule has 0 aliphatic heterocycles. The third kappa shape index (κ3) is 2.70. The largest absolute Gasteiger partial charge is 0.368 e. The second kappa shape index (κ2) is 4.95. The lowest BCUT2D eigenvalue weighted by Gasteiger charge is -2.22. The molecule has 2 N–H and O–H groups in total. The molecule has 0 fully saturated rings. The lowest BCUT2D eigenvalue weighted by atomic mass is 10.3. The molecule has 0 bridgehead atoms. The molecule has 76 valence electrons. The van der Waals surface area contributed by atoms with E-state index in [0.717, 1.165) is 16.7 Å². The number of likely N-dealkylation sites (N-methyl/N-ethyl adjacent to an activating group) is 1. The summed E-state index contributed by atoms with van der Waals surface area (Å²) in [5.74, 6) is -0.337. The van der Waals surface area contributed by atoms with Crippen LogP contribution >= 0.6 is 15.9 Å². The molecule has 0 saturated heterocycles. The average Bonchev–Trinajstić information content (AvgIpc) is 2.15. The Kier molecular flexibility index (Phi) is 3.88. The summed E-state index contributed by atoms with van der Waals surface area (Å²) >= 11 is 3.37. The molecular weight excluding hydrogens is 246 g/mol. The van der Waals surface area contributed by atoms with E-state index < -0.39 is 0 Å². The summed E-state index contributed by atoms with van der Waals surface area (Å²) < 4.78 is 0.864. The van der Waals surface area contributed by atoms with Crippen LogP contribution in [0.25, 0.3) is 0 Å². The molecule has 14 heavy (non-hydrogen) atoms. The Morgan fingerprint density at radius 2 is 2.43 bits per heavy atom. The van der Waals surface area contributed by atoms with Crippen molar-refractivity contribution in [3.8, 4) is 0 Å². The number of pyridine rings is 1. The van der Waals surface area contributed by atoms with Gasteiger partial charge in [0.15, 0.2) is 0 Å². The topological polar surface area (TPSA) is 59.2 Å². The number of halogens is 1. The van der Waals surface area contributed by atoms with Gasteiger partial charge in [-0.05, 0) is 28.9 Å². The highest BCUT2D eigenvalue weighted by Gasteiger charge is 2.09. The van der Waals surface area contributed by atoms with Gasteiger partial charge < -0.3 is 10.6 Å². The quantitative estimate of drug-likeness (QED) is 0.881. The zero-order valence-corrected chi connectivity index (χ0v) is 9.49. The van der Waals surface area contributed by atoms with Gasteiger partial charge in [0.25, 0.3) is 0 Å². The Labute approximate surface area is 91.2 Å². The summed E-state index contributed by atoms with van der Waals surface area (Å²) in [5.41, 5.74) is 6.08. The Bertz CT molecular complexity index is 330. The van der Waals surface area contributed by atoms with Gasteiger partial charge in [-0.25, -0.2) is 0 Å². The summed E-state index contributed by atoms with van der Waals surface area (Å²) in [5, 5.41) is 0. The molecule has 0 saturated carbocycles. The van der Waals surface area contributed by atoms with Crippen molar-refractivity contribution in [1.29, 1.82) is 0 Å². The number of hydrogen-bond donors (Lipinski definition) is 1. The van der Waals surface area contributed by atoms with E-state index in [0.29, 0.717) is 0 Å². The number of aromatic nitrogens is 1. The molecule has 0 aliphatic carbocycles. The van der Waals surface area contributed by atoms with Crippen LogP contribution in [0.5, 0.6) is 0 Å². The van der Waals surface area contributed by atoms with Gasteiger partial charge in [0.2, 0.25) is 5.91 Å². The number of carbonyl (C=O) groups excluding carboxylic acids is 1. The third-order valence-corrected chi connectivity index (χ3v) is 2.43. The van der Waals surface area contributed by atoms with E-state index in [1.807, 2.05) is 17.9 Å². The average molecular weight is 258 g/mol. The first kappa shape index (κ1) is 11.0. The molecule has 1 aromatic rings. The summed E-state index contributed by atoms with van der Waals surface area (Å²) in [7, 11) is 0. The molecular formula is C9H12BrN3O. The summed E-state index contributed by atoms with van der Waals surface area (Å²) in [6.07, 6.45) is 3.38. The van der Waals surface area contributed by atoms with Gasteiger partial charge in [-0.15, -0.1) is 0 Å². The van der Waals surface area contributed by atoms with Crippen molar-refractivity contribution in [2.24, 2.45) is 5.73 Å². The number of anilines is 1. The number of primary amides is 1. The van der Waals surface area contributed by atoms with Crippen LogP contribution in [0.1, 0.15) is 6.92 Å². The van der Waals surface area contributed by atoms with Crippen molar-refractivity contribution in [1.82, 2.24) is 4.98 Å². The van der Waals surface area contributed by atoms with Crippen LogP contribution in [0.15, 0.2) is 22.9 Å². The first-order chi connectivity index (χ1) is 6.65. The molecule has 0 atom stereocenters. The Balaban J connectivity index is 2.89. The lowest BCUT2D eigenvalue weighted by molar-refractivity contribution is -0.116. The fourth-order valence-corrected chi connectivity index (χ4v) is 1.68. The van der Waals surface area contributed by atoms with Gasteiger partial charge in [-0.2, -0.15) is 0 Å². The molecule has 0 unspecified atom stereocenters. The molecule has 0 aromatic carbocycles. The summed E-state index contributed by atoms with van der Waals surface area (Å²) in [6.45, 7) is 2.92. The molecule has 1 rings (SSSR count). The molecule has 0 spiro atoms. The van der Waals surface area contributed by atoms with Gasteiger partial charge in [-0.1, -0.05) is 0 Å². The fraction of sp³-hybridized carbons (Fsp3) is 0.333. The molecule has 1 heterocycles. The van der Waals surface area contributed by atoms with Crippen LogP contribution in [-0.2, 0) is 4.79 Å². The minimum absolute atomic E-state index is 0.221. The monoisotopic (exact) mass is 257 g/mol. The van der Waals surface area contributed by atoms with E-state index in [9.17, 15) is 4.79 Å². The van der Waals surface area contributed by atoms with E-state index >= 15 is 0 Å². The van der Waals surface area contributed by atoms with Crippen LogP contribution in [-0.4, -0.2) is 24.0 Å². The van der Waals surface area contributed by atoms with E-state index in [1.165, 1.54) is 0 Å². The van der Waals surface area contributed by atoms with Gasteiger partial charge in [0.1, 0.15) is 0 Å². The Morgan fingerprint density at radius 1 is 1.71 bits per heavy atom. The first-order valence-corrected chi connectivity index (χ1v) is 5.07. The normalized spacial score (nSPS) is 9.86.